The van der Waals surface area contributed by atoms with E-state index in [-0.39, 0.29) is 18.6 Å². The summed E-state index contributed by atoms with van der Waals surface area (Å²) in [6.07, 6.45) is 1.03. The fraction of sp³-hybridized carbons (Fsp3) is 0.706. The molecule has 0 radical (unpaired) electrons. The number of amides is 1. The monoisotopic (exact) mass is 334 g/mol. The van der Waals surface area contributed by atoms with E-state index in [1.54, 1.807) is 0 Å². The summed E-state index contributed by atoms with van der Waals surface area (Å²) in [5, 5.41) is 8.45. The van der Waals surface area contributed by atoms with E-state index in [1.807, 2.05) is 30.9 Å². The molecular weight excluding hydrogens is 308 g/mol. The third-order valence-corrected chi connectivity index (χ3v) is 4.73. The largest absolute Gasteiger partial charge is 0.374 e. The Bertz CT molecular complexity index is 551. The van der Waals surface area contributed by atoms with Gasteiger partial charge in [-0.2, -0.15) is 5.10 Å². The maximum Gasteiger partial charge on any atom is 0.248 e. The van der Waals surface area contributed by atoms with Crippen molar-refractivity contribution in [2.45, 2.75) is 26.4 Å². The Labute approximate surface area is 142 Å². The van der Waals surface area contributed by atoms with Gasteiger partial charge in [0.05, 0.1) is 18.4 Å². The highest BCUT2D eigenvalue weighted by Crippen LogP contribution is 2.26. The summed E-state index contributed by atoms with van der Waals surface area (Å²) < 4.78 is 11.3. The molecule has 0 bridgehead atoms. The normalized spacial score (nSPS) is 24.4. The minimum Gasteiger partial charge on any atom is -0.374 e. The predicted molar refractivity (Wildman–Crippen MR) is 89.9 cm³/mol. The second-order valence-corrected chi connectivity index (χ2v) is 6.41. The highest BCUT2D eigenvalue weighted by atomic mass is 16.5. The standard InChI is InChI=1S/C17H26N4O3/c1-3-23-12-17(22)21-7-6-14-10-20(8-9-24-15(14)11-21)16-5-4-13(2)18-19-16/h4-5,14-15H,3,6-12H2,1-2H3/t14-,15-/m0/s1. The molecular formula is C17H26N4O3. The van der Waals surface area contributed by atoms with Crippen LogP contribution in [0.1, 0.15) is 19.0 Å². The number of likely N-dealkylation sites (tertiary alicyclic amines) is 1. The van der Waals surface area contributed by atoms with Crippen LogP contribution >= 0.6 is 0 Å². The van der Waals surface area contributed by atoms with Crippen LogP contribution in [0, 0.1) is 12.8 Å². The van der Waals surface area contributed by atoms with Crippen molar-refractivity contribution in [2.75, 3.05) is 50.9 Å². The number of anilines is 1. The van der Waals surface area contributed by atoms with E-state index in [9.17, 15) is 4.79 Å². The smallest absolute Gasteiger partial charge is 0.248 e. The minimum atomic E-state index is 0.0596. The van der Waals surface area contributed by atoms with Crippen molar-refractivity contribution < 1.29 is 14.3 Å². The number of hydrogen-bond donors (Lipinski definition) is 0. The lowest BCUT2D eigenvalue weighted by molar-refractivity contribution is -0.141. The van der Waals surface area contributed by atoms with Gasteiger partial charge in [-0.25, -0.2) is 0 Å². The SMILES string of the molecule is CCOCC(=O)N1CC[C@H]2CN(c3ccc(C)nn3)CCO[C@H]2C1. The van der Waals surface area contributed by atoms with Gasteiger partial charge < -0.3 is 19.3 Å². The van der Waals surface area contributed by atoms with E-state index in [2.05, 4.69) is 15.1 Å². The molecule has 0 unspecified atom stereocenters. The molecule has 1 aromatic heterocycles. The van der Waals surface area contributed by atoms with Crippen molar-refractivity contribution in [3.8, 4) is 0 Å². The topological polar surface area (TPSA) is 67.8 Å². The number of fused-ring (bicyclic) bond motifs is 1. The fourth-order valence-electron chi connectivity index (χ4n) is 3.33. The quantitative estimate of drug-likeness (QED) is 0.814. The Morgan fingerprint density at radius 1 is 1.33 bits per heavy atom. The summed E-state index contributed by atoms with van der Waals surface area (Å²) in [6.45, 7) is 8.34. The van der Waals surface area contributed by atoms with Crippen molar-refractivity contribution in [3.63, 3.8) is 0 Å². The van der Waals surface area contributed by atoms with Gasteiger partial charge in [-0.05, 0) is 32.4 Å². The first kappa shape index (κ1) is 17.1. The number of aryl methyl sites for hydroxylation is 1. The second kappa shape index (κ2) is 7.90. The third kappa shape index (κ3) is 4.02. The zero-order chi connectivity index (χ0) is 16.9. The van der Waals surface area contributed by atoms with Gasteiger partial charge in [0.1, 0.15) is 6.61 Å². The van der Waals surface area contributed by atoms with Crippen LogP contribution in [0.5, 0.6) is 0 Å². The molecule has 0 N–H and O–H groups in total. The highest BCUT2D eigenvalue weighted by molar-refractivity contribution is 5.77. The first-order valence-electron chi connectivity index (χ1n) is 8.69. The summed E-state index contributed by atoms with van der Waals surface area (Å²) in [5.74, 6) is 1.37. The van der Waals surface area contributed by atoms with E-state index in [0.717, 1.165) is 37.6 Å². The van der Waals surface area contributed by atoms with Gasteiger partial charge in [-0.1, -0.05) is 0 Å². The van der Waals surface area contributed by atoms with Crippen LogP contribution < -0.4 is 4.90 Å². The molecule has 2 aliphatic heterocycles. The fourth-order valence-corrected chi connectivity index (χ4v) is 3.33. The Hall–Kier alpha value is -1.73. The first-order valence-corrected chi connectivity index (χ1v) is 8.69. The maximum absolute atomic E-state index is 12.2. The van der Waals surface area contributed by atoms with Gasteiger partial charge in [0, 0.05) is 38.7 Å². The Morgan fingerprint density at radius 3 is 2.96 bits per heavy atom. The number of hydrogen-bond acceptors (Lipinski definition) is 6. The van der Waals surface area contributed by atoms with Crippen LogP contribution in [0.2, 0.25) is 0 Å². The number of ether oxygens (including phenoxy) is 2. The molecule has 0 spiro atoms. The Morgan fingerprint density at radius 2 is 2.21 bits per heavy atom. The van der Waals surface area contributed by atoms with E-state index in [4.69, 9.17) is 9.47 Å². The number of aromatic nitrogens is 2. The van der Waals surface area contributed by atoms with Gasteiger partial charge in [-0.3, -0.25) is 4.79 Å². The molecule has 2 atom stereocenters. The molecule has 0 aliphatic carbocycles. The van der Waals surface area contributed by atoms with E-state index >= 15 is 0 Å². The predicted octanol–water partition coefficient (Wildman–Crippen LogP) is 0.875. The number of carbonyl (C=O) groups is 1. The molecule has 1 amide bonds. The molecule has 2 saturated heterocycles. The lowest BCUT2D eigenvalue weighted by Crippen LogP contribution is -2.50. The van der Waals surface area contributed by atoms with Crippen molar-refractivity contribution in [2.24, 2.45) is 5.92 Å². The average Bonchev–Trinajstić information content (AvgIpc) is 2.82. The molecule has 3 rings (SSSR count). The molecule has 0 saturated carbocycles. The molecule has 0 aromatic carbocycles. The molecule has 132 valence electrons. The first-order chi connectivity index (χ1) is 11.7. The number of nitrogens with zero attached hydrogens (tertiary/aromatic N) is 4. The zero-order valence-electron chi connectivity index (χ0n) is 14.5. The van der Waals surface area contributed by atoms with Crippen LogP contribution in [-0.2, 0) is 14.3 Å². The van der Waals surface area contributed by atoms with Crippen molar-refractivity contribution in [3.05, 3.63) is 17.8 Å². The molecule has 2 fully saturated rings. The maximum atomic E-state index is 12.2. The van der Waals surface area contributed by atoms with Gasteiger partial charge >= 0.3 is 0 Å². The third-order valence-electron chi connectivity index (χ3n) is 4.73. The summed E-state index contributed by atoms with van der Waals surface area (Å²) in [4.78, 5) is 16.3. The summed E-state index contributed by atoms with van der Waals surface area (Å²) in [7, 11) is 0. The lowest BCUT2D eigenvalue weighted by Gasteiger charge is -2.38. The molecule has 7 nitrogen and oxygen atoms in total. The van der Waals surface area contributed by atoms with Crippen LogP contribution in [0.3, 0.4) is 0 Å². The zero-order valence-corrected chi connectivity index (χ0v) is 14.5. The molecule has 3 heterocycles. The highest BCUT2D eigenvalue weighted by Gasteiger charge is 2.35. The van der Waals surface area contributed by atoms with Crippen LogP contribution in [0.25, 0.3) is 0 Å². The lowest BCUT2D eigenvalue weighted by atomic mass is 9.93. The van der Waals surface area contributed by atoms with Crippen molar-refractivity contribution >= 4 is 11.7 Å². The summed E-state index contributed by atoms with van der Waals surface area (Å²) >= 11 is 0. The summed E-state index contributed by atoms with van der Waals surface area (Å²) in [6, 6.07) is 4.00. The minimum absolute atomic E-state index is 0.0596. The summed E-state index contributed by atoms with van der Waals surface area (Å²) in [5.41, 5.74) is 0.920. The van der Waals surface area contributed by atoms with Crippen LogP contribution in [-0.4, -0.2) is 73.1 Å². The Balaban J connectivity index is 1.61. The molecule has 24 heavy (non-hydrogen) atoms. The number of piperidine rings is 1. The van der Waals surface area contributed by atoms with Gasteiger partial charge in [0.2, 0.25) is 5.91 Å². The molecule has 1 aromatic rings. The van der Waals surface area contributed by atoms with Crippen LogP contribution in [0.15, 0.2) is 12.1 Å². The van der Waals surface area contributed by atoms with E-state index < -0.39 is 0 Å². The van der Waals surface area contributed by atoms with Crippen molar-refractivity contribution in [1.82, 2.24) is 15.1 Å². The molecule has 2 aliphatic rings. The molecule has 7 heteroatoms. The number of carbonyl (C=O) groups excluding carboxylic acids is 1. The van der Waals surface area contributed by atoms with Crippen LogP contribution in [0.4, 0.5) is 5.82 Å². The van der Waals surface area contributed by atoms with E-state index in [0.29, 0.717) is 25.7 Å². The van der Waals surface area contributed by atoms with Crippen molar-refractivity contribution in [1.29, 1.82) is 0 Å². The van der Waals surface area contributed by atoms with Gasteiger partial charge in [0.15, 0.2) is 5.82 Å². The second-order valence-electron chi connectivity index (χ2n) is 6.41. The average molecular weight is 334 g/mol. The van der Waals surface area contributed by atoms with Gasteiger partial charge in [-0.15, -0.1) is 5.10 Å². The number of rotatable bonds is 4. The van der Waals surface area contributed by atoms with E-state index in [1.165, 1.54) is 0 Å². The Kier molecular flexibility index (Phi) is 5.63. The van der Waals surface area contributed by atoms with Gasteiger partial charge in [0.25, 0.3) is 0 Å².